The number of aliphatic imine (C=N–C) groups is 1. The van der Waals surface area contributed by atoms with Crippen molar-refractivity contribution in [2.45, 2.75) is 90.6 Å². The van der Waals surface area contributed by atoms with Gasteiger partial charge in [0.1, 0.15) is 18.9 Å². The van der Waals surface area contributed by atoms with E-state index < -0.39 is 5.97 Å². The third-order valence-corrected chi connectivity index (χ3v) is 5.07. The van der Waals surface area contributed by atoms with E-state index in [0.717, 1.165) is 25.1 Å². The van der Waals surface area contributed by atoms with Crippen LogP contribution in [-0.2, 0) is 4.79 Å². The molecule has 0 spiro atoms. The Kier molecular flexibility index (Phi) is 11.1. The Morgan fingerprint density at radius 3 is 2.38 bits per heavy atom. The molecule has 0 fully saturated rings. The van der Waals surface area contributed by atoms with Gasteiger partial charge in [0.05, 0.1) is 12.2 Å². The molecule has 0 aromatic rings. The van der Waals surface area contributed by atoms with Crippen LogP contribution in [0.4, 0.5) is 0 Å². The fourth-order valence-corrected chi connectivity index (χ4v) is 3.40. The Morgan fingerprint density at radius 1 is 1.15 bits per heavy atom. The Balaban J connectivity index is 2.16. The number of carboxylic acid groups (broad SMARTS) is 1. The molecule has 2 unspecified atom stereocenters. The van der Waals surface area contributed by atoms with Crippen LogP contribution in [0.2, 0.25) is 0 Å². The van der Waals surface area contributed by atoms with Gasteiger partial charge in [-0.3, -0.25) is 5.73 Å². The van der Waals surface area contributed by atoms with Crippen LogP contribution in [0.1, 0.15) is 84.5 Å². The van der Waals surface area contributed by atoms with Crippen molar-refractivity contribution in [3.63, 3.8) is 0 Å². The van der Waals surface area contributed by atoms with E-state index in [-0.39, 0.29) is 17.2 Å². The number of carbonyl (C=O) groups excluding carboxylic acids is 1. The molecule has 0 saturated heterocycles. The molecule has 0 aromatic heterocycles. The third-order valence-electron chi connectivity index (χ3n) is 5.07. The summed E-state index contributed by atoms with van der Waals surface area (Å²) in [6.45, 7) is 3.92. The third kappa shape index (κ3) is 7.83. The van der Waals surface area contributed by atoms with Crippen LogP contribution in [0.25, 0.3) is 0 Å². The fraction of sp³-hybridized carbons (Fsp3) is 0.714. The van der Waals surface area contributed by atoms with Crippen molar-refractivity contribution in [2.24, 2.45) is 10.7 Å². The number of rotatable bonds is 15. The molecule has 0 aromatic carbocycles. The van der Waals surface area contributed by atoms with Crippen LogP contribution in [0, 0.1) is 0 Å². The molecule has 2 N–H and O–H groups in total. The summed E-state index contributed by atoms with van der Waals surface area (Å²) in [7, 11) is 0. The molecule has 0 saturated carbocycles. The van der Waals surface area contributed by atoms with Crippen LogP contribution in [-0.4, -0.2) is 29.0 Å². The van der Waals surface area contributed by atoms with Crippen LogP contribution < -0.4 is 10.8 Å². The highest BCUT2D eigenvalue weighted by molar-refractivity contribution is 5.81. The van der Waals surface area contributed by atoms with E-state index in [4.69, 9.17) is 5.73 Å². The molecule has 2 atom stereocenters. The maximum Gasteiger partial charge on any atom is 0.209 e. The summed E-state index contributed by atoms with van der Waals surface area (Å²) in [5, 5.41) is 11.1. The lowest BCUT2D eigenvalue weighted by Crippen LogP contribution is -2.60. The Labute approximate surface area is 159 Å². The predicted octanol–water partition coefficient (Wildman–Crippen LogP) is 3.61. The van der Waals surface area contributed by atoms with Crippen molar-refractivity contribution in [3.8, 4) is 0 Å². The molecule has 1 aliphatic rings. The molecule has 5 heteroatoms. The van der Waals surface area contributed by atoms with Gasteiger partial charge in [0.2, 0.25) is 5.84 Å². The Bertz CT molecular complexity index is 497. The van der Waals surface area contributed by atoms with E-state index in [1.54, 1.807) is 12.4 Å². The molecule has 148 valence electrons. The second-order valence-corrected chi connectivity index (χ2v) is 7.32. The van der Waals surface area contributed by atoms with Crippen LogP contribution >= 0.6 is 0 Å². The van der Waals surface area contributed by atoms with Gasteiger partial charge in [0.25, 0.3) is 0 Å². The van der Waals surface area contributed by atoms with Gasteiger partial charge in [0.15, 0.2) is 0 Å². The first-order valence-corrected chi connectivity index (χ1v) is 10.3. The van der Waals surface area contributed by atoms with Gasteiger partial charge in [-0.15, -0.1) is 0 Å². The monoisotopic (exact) mass is 363 g/mol. The van der Waals surface area contributed by atoms with Gasteiger partial charge in [-0.1, -0.05) is 51.2 Å². The zero-order valence-corrected chi connectivity index (χ0v) is 16.7. The minimum atomic E-state index is -1.09. The van der Waals surface area contributed by atoms with Gasteiger partial charge in [-0.25, -0.2) is 9.48 Å². The van der Waals surface area contributed by atoms with Crippen molar-refractivity contribution in [1.29, 1.82) is 0 Å². The number of nitrogens with zero attached hydrogens (tertiary/aromatic N) is 2. The molecule has 1 heterocycles. The second kappa shape index (κ2) is 12.8. The number of amidine groups is 1. The Morgan fingerprint density at radius 2 is 1.77 bits per heavy atom. The maximum atomic E-state index is 11.1. The summed E-state index contributed by atoms with van der Waals surface area (Å²) in [6, 6.07) is 0. The smallest absolute Gasteiger partial charge is 0.209 e. The Hall–Kier alpha value is -1.46. The highest BCUT2D eigenvalue weighted by atomic mass is 16.4. The molecule has 5 nitrogen and oxygen atoms in total. The highest BCUT2D eigenvalue weighted by Gasteiger charge is 2.38. The number of nitrogens with two attached hydrogens (primary N) is 1. The molecule has 26 heavy (non-hydrogen) atoms. The van der Waals surface area contributed by atoms with Gasteiger partial charge in [-0.05, 0) is 32.1 Å². The number of quaternary nitrogens is 1. The standard InChI is InChI=1S/C21H37N3O2/c1-3-4-5-6-7-8-9-10-11-12-13-14-15-20-23-16-17-24(20,19(2)22)18-21(25)26/h7-8,16-17,19H,3-6,9-15,18,22H2,1-2H3/b8-7+. The number of carboxylic acids is 1. The van der Waals surface area contributed by atoms with E-state index in [0.29, 0.717) is 0 Å². The quantitative estimate of drug-likeness (QED) is 0.274. The summed E-state index contributed by atoms with van der Waals surface area (Å²) in [6.07, 6.45) is 20.7. The second-order valence-electron chi connectivity index (χ2n) is 7.32. The van der Waals surface area contributed by atoms with Crippen molar-refractivity contribution in [1.82, 2.24) is 0 Å². The van der Waals surface area contributed by atoms with Crippen molar-refractivity contribution < 1.29 is 14.4 Å². The SMILES string of the molecule is CCCCC/C=C/CCCCCCCC1=NC=C[N+]1(CC(=O)[O-])C(C)N. The first-order valence-electron chi connectivity index (χ1n) is 10.3. The summed E-state index contributed by atoms with van der Waals surface area (Å²) in [4.78, 5) is 15.5. The normalized spacial score (nSPS) is 20.7. The van der Waals surface area contributed by atoms with Gasteiger partial charge in [-0.2, -0.15) is 0 Å². The minimum Gasteiger partial charge on any atom is -0.544 e. The number of unbranched alkanes of at least 4 members (excludes halogenated alkanes) is 8. The fourth-order valence-electron chi connectivity index (χ4n) is 3.40. The number of hydrogen-bond donors (Lipinski definition) is 1. The largest absolute Gasteiger partial charge is 0.544 e. The van der Waals surface area contributed by atoms with Gasteiger partial charge in [0, 0.05) is 13.3 Å². The molecule has 0 amide bonds. The van der Waals surface area contributed by atoms with Crippen molar-refractivity contribution >= 4 is 11.8 Å². The highest BCUT2D eigenvalue weighted by Crippen LogP contribution is 2.23. The van der Waals surface area contributed by atoms with E-state index in [1.807, 2.05) is 6.92 Å². The average molecular weight is 364 g/mol. The molecule has 0 aliphatic carbocycles. The summed E-state index contributed by atoms with van der Waals surface area (Å²) in [5.74, 6) is -0.247. The van der Waals surface area contributed by atoms with Crippen molar-refractivity contribution in [2.75, 3.05) is 6.54 Å². The average Bonchev–Trinajstić information content (AvgIpc) is 2.99. The van der Waals surface area contributed by atoms with Gasteiger partial charge >= 0.3 is 0 Å². The molecule has 1 rings (SSSR count). The summed E-state index contributed by atoms with van der Waals surface area (Å²) >= 11 is 0. The maximum absolute atomic E-state index is 11.1. The molecule has 0 bridgehead atoms. The van der Waals surface area contributed by atoms with E-state index in [9.17, 15) is 9.90 Å². The van der Waals surface area contributed by atoms with Crippen LogP contribution in [0.5, 0.6) is 0 Å². The zero-order valence-electron chi connectivity index (χ0n) is 16.7. The first-order chi connectivity index (χ1) is 12.5. The summed E-state index contributed by atoms with van der Waals surface area (Å²) in [5.41, 5.74) is 6.05. The lowest BCUT2D eigenvalue weighted by molar-refractivity contribution is -0.808. The van der Waals surface area contributed by atoms with Gasteiger partial charge < -0.3 is 9.90 Å². The van der Waals surface area contributed by atoms with E-state index in [1.165, 1.54) is 51.4 Å². The van der Waals surface area contributed by atoms with E-state index in [2.05, 4.69) is 24.1 Å². The van der Waals surface area contributed by atoms with E-state index >= 15 is 0 Å². The number of carbonyl (C=O) groups is 1. The lowest BCUT2D eigenvalue weighted by atomic mass is 10.1. The molecular weight excluding hydrogens is 326 g/mol. The number of hydrogen-bond acceptors (Lipinski definition) is 4. The van der Waals surface area contributed by atoms with Crippen LogP contribution in [0.3, 0.4) is 0 Å². The molecule has 0 radical (unpaired) electrons. The topological polar surface area (TPSA) is 78.5 Å². The minimum absolute atomic E-state index is 0.102. The number of allylic oxidation sites excluding steroid dienone is 2. The first kappa shape index (κ1) is 22.6. The zero-order chi connectivity index (χ0) is 19.3. The number of aliphatic carboxylic acids is 1. The van der Waals surface area contributed by atoms with Crippen molar-refractivity contribution in [3.05, 3.63) is 24.6 Å². The lowest BCUT2D eigenvalue weighted by Gasteiger charge is -2.36. The summed E-state index contributed by atoms with van der Waals surface area (Å²) < 4.78 is 0.102. The molecular formula is C21H37N3O2. The predicted molar refractivity (Wildman–Crippen MR) is 106 cm³/mol. The molecule has 1 aliphatic heterocycles. The van der Waals surface area contributed by atoms with Crippen LogP contribution in [0.15, 0.2) is 29.5 Å².